The molecule has 2 aromatic rings. The number of ether oxygens (including phenoxy) is 2. The molecule has 2 aromatic carbocycles. The molecule has 1 amide bonds. The van der Waals surface area contributed by atoms with Crippen molar-refractivity contribution in [3.63, 3.8) is 0 Å². The van der Waals surface area contributed by atoms with Crippen LogP contribution in [-0.4, -0.2) is 52.6 Å². The summed E-state index contributed by atoms with van der Waals surface area (Å²) in [7, 11) is -1.30. The first-order valence-corrected chi connectivity index (χ1v) is 14.2. The van der Waals surface area contributed by atoms with E-state index in [0.717, 1.165) is 28.6 Å². The van der Waals surface area contributed by atoms with Crippen molar-refractivity contribution in [3.05, 3.63) is 48.3 Å². The smallest absolute Gasteiger partial charge is 0.264 e. The van der Waals surface area contributed by atoms with Crippen LogP contribution in [0.5, 0.6) is 11.5 Å². The minimum atomic E-state index is -4.16. The monoisotopic (exact) mass is 524 g/mol. The molecule has 0 saturated heterocycles. The van der Waals surface area contributed by atoms with Gasteiger partial charge in [-0.2, -0.15) is 11.8 Å². The van der Waals surface area contributed by atoms with Gasteiger partial charge in [0, 0.05) is 17.9 Å². The maximum atomic E-state index is 13.5. The van der Waals surface area contributed by atoms with E-state index in [1.54, 1.807) is 0 Å². The van der Waals surface area contributed by atoms with Crippen LogP contribution in [0.15, 0.2) is 47.4 Å². The zero-order chi connectivity index (χ0) is 25.3. The molecule has 10 heteroatoms. The molecular weight excluding hydrogens is 491 g/mol. The molecule has 0 heterocycles. The van der Waals surface area contributed by atoms with Crippen LogP contribution < -0.4 is 19.1 Å². The number of carbonyl (C=O) groups is 1. The van der Waals surface area contributed by atoms with Crippen LogP contribution >= 0.6 is 11.8 Å². The Morgan fingerprint density at radius 2 is 1.74 bits per heavy atom. The van der Waals surface area contributed by atoms with Gasteiger partial charge in [0.1, 0.15) is 12.4 Å². The number of anilines is 1. The highest BCUT2D eigenvalue weighted by atomic mass is 32.2. The number of sulfonamides is 1. The van der Waals surface area contributed by atoms with Crippen LogP contribution in [-0.2, 0) is 14.8 Å². The molecule has 192 valence electrons. The number of hydrogen-bond acceptors (Lipinski definition) is 6. The maximum Gasteiger partial charge on any atom is 0.264 e. The second-order valence-corrected chi connectivity index (χ2v) is 11.6. The highest BCUT2D eigenvalue weighted by molar-refractivity contribution is 7.99. The van der Waals surface area contributed by atoms with Gasteiger partial charge < -0.3 is 14.8 Å². The Kier molecular flexibility index (Phi) is 10.1. The second-order valence-electron chi connectivity index (χ2n) is 8.34. The maximum absolute atomic E-state index is 13.5. The molecule has 1 N–H and O–H groups in total. The van der Waals surface area contributed by atoms with E-state index in [0.29, 0.717) is 17.5 Å². The summed E-state index contributed by atoms with van der Waals surface area (Å²) in [4.78, 5) is 12.6. The number of nitrogens with one attached hydrogen (secondary N) is 1. The van der Waals surface area contributed by atoms with E-state index in [1.165, 1.54) is 76.7 Å². The summed E-state index contributed by atoms with van der Waals surface area (Å²) in [6, 6.07) is 9.19. The summed E-state index contributed by atoms with van der Waals surface area (Å²) in [5.74, 6) is 0.644. The van der Waals surface area contributed by atoms with Crippen LogP contribution in [0, 0.1) is 5.82 Å². The molecule has 0 atom stereocenters. The average molecular weight is 525 g/mol. The molecule has 0 radical (unpaired) electrons. The lowest BCUT2D eigenvalue weighted by atomic mass is 10.0. The predicted molar refractivity (Wildman–Crippen MR) is 137 cm³/mol. The summed E-state index contributed by atoms with van der Waals surface area (Å²) >= 11 is 1.95. The molecule has 1 aliphatic carbocycles. The number of benzene rings is 2. The van der Waals surface area contributed by atoms with Gasteiger partial charge in [0.25, 0.3) is 10.0 Å². The third-order valence-corrected chi connectivity index (χ3v) is 9.13. The fourth-order valence-corrected chi connectivity index (χ4v) is 6.74. The molecule has 1 saturated carbocycles. The van der Waals surface area contributed by atoms with E-state index < -0.39 is 28.3 Å². The molecule has 0 spiro atoms. The van der Waals surface area contributed by atoms with Crippen LogP contribution in [0.4, 0.5) is 10.1 Å². The van der Waals surface area contributed by atoms with E-state index in [-0.39, 0.29) is 16.3 Å². The van der Waals surface area contributed by atoms with Crippen LogP contribution in [0.2, 0.25) is 0 Å². The van der Waals surface area contributed by atoms with Crippen molar-refractivity contribution in [1.82, 2.24) is 5.32 Å². The molecule has 0 unspecified atom stereocenters. The first kappa shape index (κ1) is 27.1. The van der Waals surface area contributed by atoms with Gasteiger partial charge >= 0.3 is 0 Å². The van der Waals surface area contributed by atoms with Gasteiger partial charge in [-0.25, -0.2) is 12.8 Å². The van der Waals surface area contributed by atoms with Gasteiger partial charge in [-0.15, -0.1) is 0 Å². The van der Waals surface area contributed by atoms with Crippen molar-refractivity contribution in [2.24, 2.45) is 0 Å². The Bertz CT molecular complexity index is 1070. The predicted octanol–water partition coefficient (Wildman–Crippen LogP) is 4.61. The van der Waals surface area contributed by atoms with Crippen LogP contribution in [0.1, 0.15) is 38.5 Å². The molecule has 0 aromatic heterocycles. The first-order chi connectivity index (χ1) is 16.8. The molecule has 3 rings (SSSR count). The Balaban J connectivity index is 1.69. The molecule has 0 aliphatic heterocycles. The highest BCUT2D eigenvalue weighted by Crippen LogP contribution is 2.32. The van der Waals surface area contributed by atoms with Crippen molar-refractivity contribution >= 4 is 33.4 Å². The first-order valence-electron chi connectivity index (χ1n) is 11.7. The summed E-state index contributed by atoms with van der Waals surface area (Å²) in [5, 5.41) is 3.53. The van der Waals surface area contributed by atoms with E-state index in [9.17, 15) is 17.6 Å². The molecular formula is C25H33FN2O5S2. The standard InChI is InChI=1S/C25H33FN2O5S2/c1-32-23-14-13-22(17-24(23)33-2)35(30,31)28(20-11-9-19(26)10-12-20)18-25(29)27-15-6-16-34-21-7-4-3-5-8-21/h9-14,17,21H,3-8,15-16,18H2,1-2H3,(H,27,29). The van der Waals surface area contributed by atoms with Gasteiger partial charge in [0.15, 0.2) is 11.5 Å². The lowest BCUT2D eigenvalue weighted by Gasteiger charge is -2.24. The highest BCUT2D eigenvalue weighted by Gasteiger charge is 2.28. The van der Waals surface area contributed by atoms with Crippen molar-refractivity contribution in [2.45, 2.75) is 48.7 Å². The lowest BCUT2D eigenvalue weighted by Crippen LogP contribution is -2.41. The van der Waals surface area contributed by atoms with Gasteiger partial charge in [0.2, 0.25) is 5.91 Å². The summed E-state index contributed by atoms with van der Waals surface area (Å²) in [6.07, 6.45) is 7.25. The van der Waals surface area contributed by atoms with Crippen molar-refractivity contribution in [1.29, 1.82) is 0 Å². The van der Waals surface area contributed by atoms with E-state index in [1.807, 2.05) is 11.8 Å². The van der Waals surface area contributed by atoms with Crippen LogP contribution in [0.3, 0.4) is 0 Å². The average Bonchev–Trinajstić information content (AvgIpc) is 2.87. The zero-order valence-electron chi connectivity index (χ0n) is 20.2. The third-order valence-electron chi connectivity index (χ3n) is 5.89. The van der Waals surface area contributed by atoms with Gasteiger partial charge in [-0.1, -0.05) is 19.3 Å². The molecule has 1 fully saturated rings. The van der Waals surface area contributed by atoms with Crippen molar-refractivity contribution in [3.8, 4) is 11.5 Å². The van der Waals surface area contributed by atoms with Gasteiger partial charge in [-0.05, 0) is 61.4 Å². The number of thioether (sulfide) groups is 1. The largest absolute Gasteiger partial charge is 0.493 e. The number of rotatable bonds is 12. The Hall–Kier alpha value is -2.46. The number of amides is 1. The molecule has 7 nitrogen and oxygen atoms in total. The fourth-order valence-electron chi connectivity index (χ4n) is 3.99. The minimum absolute atomic E-state index is 0.0730. The molecule has 0 bridgehead atoms. The minimum Gasteiger partial charge on any atom is -0.493 e. The van der Waals surface area contributed by atoms with E-state index >= 15 is 0 Å². The summed E-state index contributed by atoms with van der Waals surface area (Å²) < 4.78 is 52.0. The molecule has 35 heavy (non-hydrogen) atoms. The zero-order valence-corrected chi connectivity index (χ0v) is 21.8. The summed E-state index contributed by atoms with van der Waals surface area (Å²) in [5.41, 5.74) is 0.184. The number of nitrogens with zero attached hydrogens (tertiary/aromatic N) is 1. The topological polar surface area (TPSA) is 84.9 Å². The van der Waals surface area contributed by atoms with Crippen molar-refractivity contribution < 1.29 is 27.1 Å². The summed E-state index contributed by atoms with van der Waals surface area (Å²) in [6.45, 7) is 0.0320. The number of carbonyl (C=O) groups excluding carboxylic acids is 1. The Morgan fingerprint density at radius 1 is 1.06 bits per heavy atom. The van der Waals surface area contributed by atoms with E-state index in [4.69, 9.17) is 9.47 Å². The normalized spacial score (nSPS) is 14.4. The Morgan fingerprint density at radius 3 is 2.40 bits per heavy atom. The second kappa shape index (κ2) is 13.0. The quantitative estimate of drug-likeness (QED) is 0.408. The SMILES string of the molecule is COc1ccc(S(=O)(=O)N(CC(=O)NCCCSC2CCCCC2)c2ccc(F)cc2)cc1OC. The third kappa shape index (κ3) is 7.51. The van der Waals surface area contributed by atoms with Gasteiger partial charge in [-0.3, -0.25) is 9.10 Å². The van der Waals surface area contributed by atoms with E-state index in [2.05, 4.69) is 5.32 Å². The van der Waals surface area contributed by atoms with Crippen molar-refractivity contribution in [2.75, 3.05) is 37.4 Å². The number of methoxy groups -OCH3 is 2. The van der Waals surface area contributed by atoms with Crippen LogP contribution in [0.25, 0.3) is 0 Å². The number of halogens is 1. The van der Waals surface area contributed by atoms with Gasteiger partial charge in [0.05, 0.1) is 24.8 Å². The fraction of sp³-hybridized carbons (Fsp3) is 0.480. The Labute approximate surface area is 211 Å². The lowest BCUT2D eigenvalue weighted by molar-refractivity contribution is -0.119. The molecule has 1 aliphatic rings. The number of hydrogen-bond donors (Lipinski definition) is 1.